The van der Waals surface area contributed by atoms with E-state index in [-0.39, 0.29) is 5.75 Å². The lowest BCUT2D eigenvalue weighted by molar-refractivity contribution is 0.475. The third-order valence-electron chi connectivity index (χ3n) is 2.71. The van der Waals surface area contributed by atoms with Crippen LogP contribution in [0.5, 0.6) is 5.75 Å². The molecule has 2 nitrogen and oxygen atoms in total. The van der Waals surface area contributed by atoms with E-state index in [1.807, 2.05) is 25.1 Å². The summed E-state index contributed by atoms with van der Waals surface area (Å²) in [5.74, 6) is 0.263. The van der Waals surface area contributed by atoms with E-state index in [1.165, 1.54) is 0 Å². The highest BCUT2D eigenvalue weighted by atomic mass is 35.5. The van der Waals surface area contributed by atoms with E-state index in [4.69, 9.17) is 23.2 Å². The van der Waals surface area contributed by atoms with Crippen LogP contribution < -0.4 is 5.32 Å². The molecule has 2 aromatic carbocycles. The van der Waals surface area contributed by atoms with Crippen LogP contribution in [0.2, 0.25) is 10.0 Å². The molecule has 0 bridgehead atoms. The summed E-state index contributed by atoms with van der Waals surface area (Å²) in [5, 5.41) is 13.7. The van der Waals surface area contributed by atoms with Gasteiger partial charge in [-0.2, -0.15) is 0 Å². The molecule has 2 N–H and O–H groups in total. The van der Waals surface area contributed by atoms with E-state index in [2.05, 4.69) is 5.32 Å². The van der Waals surface area contributed by atoms with Gasteiger partial charge in [0.05, 0.1) is 10.0 Å². The quantitative estimate of drug-likeness (QED) is 0.805. The molecule has 0 fully saturated rings. The Kier molecular flexibility index (Phi) is 4.00. The van der Waals surface area contributed by atoms with Crippen molar-refractivity contribution in [2.24, 2.45) is 0 Å². The summed E-state index contributed by atoms with van der Waals surface area (Å²) >= 11 is 12.1. The summed E-state index contributed by atoms with van der Waals surface area (Å²) in [6.07, 6.45) is 0. The maximum absolute atomic E-state index is 9.34. The van der Waals surface area contributed by atoms with Crippen molar-refractivity contribution >= 4 is 28.9 Å². The fourth-order valence-electron chi connectivity index (χ4n) is 1.72. The topological polar surface area (TPSA) is 32.3 Å². The van der Waals surface area contributed by atoms with E-state index >= 15 is 0 Å². The molecule has 0 radical (unpaired) electrons. The van der Waals surface area contributed by atoms with Gasteiger partial charge in [0.15, 0.2) is 0 Å². The second-order valence-corrected chi connectivity index (χ2v) is 4.85. The van der Waals surface area contributed by atoms with Crippen LogP contribution in [0.3, 0.4) is 0 Å². The first kappa shape index (κ1) is 13.1. The van der Waals surface area contributed by atoms with Crippen LogP contribution in [0.4, 0.5) is 5.69 Å². The molecule has 0 heterocycles. The SMILES string of the molecule is Cc1cc(O)ccc1NCc1cccc(Cl)c1Cl. The second-order valence-electron chi connectivity index (χ2n) is 4.07. The number of aryl methyl sites for hydroxylation is 1. The molecule has 0 saturated heterocycles. The van der Waals surface area contributed by atoms with Crippen molar-refractivity contribution in [1.29, 1.82) is 0 Å². The van der Waals surface area contributed by atoms with Gasteiger partial charge < -0.3 is 10.4 Å². The van der Waals surface area contributed by atoms with E-state index in [0.29, 0.717) is 16.6 Å². The minimum absolute atomic E-state index is 0.263. The zero-order chi connectivity index (χ0) is 13.1. The summed E-state index contributed by atoms with van der Waals surface area (Å²) in [4.78, 5) is 0. The molecule has 0 aliphatic carbocycles. The third-order valence-corrected chi connectivity index (χ3v) is 3.57. The predicted octanol–water partition coefficient (Wildman–Crippen LogP) is 4.62. The molecule has 0 aliphatic heterocycles. The van der Waals surface area contributed by atoms with Crippen LogP contribution in [-0.4, -0.2) is 5.11 Å². The maximum Gasteiger partial charge on any atom is 0.115 e. The van der Waals surface area contributed by atoms with Gasteiger partial charge in [-0.1, -0.05) is 35.3 Å². The molecule has 0 unspecified atom stereocenters. The number of aromatic hydroxyl groups is 1. The molecular weight excluding hydrogens is 269 g/mol. The zero-order valence-electron chi connectivity index (χ0n) is 9.87. The first-order valence-corrected chi connectivity index (χ1v) is 6.30. The van der Waals surface area contributed by atoms with Crippen molar-refractivity contribution < 1.29 is 5.11 Å². The van der Waals surface area contributed by atoms with E-state index < -0.39 is 0 Å². The number of benzene rings is 2. The molecule has 0 atom stereocenters. The average molecular weight is 282 g/mol. The smallest absolute Gasteiger partial charge is 0.115 e. The fourth-order valence-corrected chi connectivity index (χ4v) is 2.11. The maximum atomic E-state index is 9.34. The van der Waals surface area contributed by atoms with Gasteiger partial charge in [-0.25, -0.2) is 0 Å². The molecule has 18 heavy (non-hydrogen) atoms. The highest BCUT2D eigenvalue weighted by Gasteiger charge is 2.05. The van der Waals surface area contributed by atoms with Gasteiger partial charge >= 0.3 is 0 Å². The molecule has 2 aromatic rings. The first-order valence-electron chi connectivity index (χ1n) is 5.54. The fraction of sp³-hybridized carbons (Fsp3) is 0.143. The number of phenols is 1. The van der Waals surface area contributed by atoms with Crippen molar-refractivity contribution in [3.05, 3.63) is 57.6 Å². The van der Waals surface area contributed by atoms with Crippen LogP contribution >= 0.6 is 23.2 Å². The summed E-state index contributed by atoms with van der Waals surface area (Å²) in [6, 6.07) is 10.8. The van der Waals surface area contributed by atoms with E-state index in [0.717, 1.165) is 16.8 Å². The number of phenolic OH excluding ortho intramolecular Hbond substituents is 1. The number of anilines is 1. The van der Waals surface area contributed by atoms with Crippen molar-refractivity contribution in [2.75, 3.05) is 5.32 Å². The minimum atomic E-state index is 0.263. The first-order chi connectivity index (χ1) is 8.58. The highest BCUT2D eigenvalue weighted by Crippen LogP contribution is 2.27. The molecule has 4 heteroatoms. The monoisotopic (exact) mass is 281 g/mol. The summed E-state index contributed by atoms with van der Waals surface area (Å²) in [5.41, 5.74) is 2.88. The Morgan fingerprint density at radius 1 is 1.17 bits per heavy atom. The lowest BCUT2D eigenvalue weighted by Crippen LogP contribution is -2.01. The molecule has 94 valence electrons. The van der Waals surface area contributed by atoms with Gasteiger partial charge in [0.1, 0.15) is 5.75 Å². The number of rotatable bonds is 3. The number of hydrogen-bond acceptors (Lipinski definition) is 2. The van der Waals surface area contributed by atoms with Gasteiger partial charge in [-0.3, -0.25) is 0 Å². The molecule has 0 aliphatic rings. The summed E-state index contributed by atoms with van der Waals surface area (Å²) in [6.45, 7) is 2.52. The van der Waals surface area contributed by atoms with Crippen molar-refractivity contribution in [2.45, 2.75) is 13.5 Å². The van der Waals surface area contributed by atoms with Crippen LogP contribution in [0.1, 0.15) is 11.1 Å². The predicted molar refractivity (Wildman–Crippen MR) is 76.6 cm³/mol. The lowest BCUT2D eigenvalue weighted by Gasteiger charge is -2.11. The van der Waals surface area contributed by atoms with Gasteiger partial charge in [0.2, 0.25) is 0 Å². The largest absolute Gasteiger partial charge is 0.508 e. The normalized spacial score (nSPS) is 10.4. The van der Waals surface area contributed by atoms with Gasteiger partial charge in [0.25, 0.3) is 0 Å². The van der Waals surface area contributed by atoms with E-state index in [1.54, 1.807) is 18.2 Å². The molecule has 0 amide bonds. The summed E-state index contributed by atoms with van der Waals surface area (Å²) < 4.78 is 0. The zero-order valence-corrected chi connectivity index (χ0v) is 11.4. The van der Waals surface area contributed by atoms with Crippen molar-refractivity contribution in [3.8, 4) is 5.75 Å². The number of nitrogens with one attached hydrogen (secondary N) is 1. The Morgan fingerprint density at radius 2 is 1.94 bits per heavy atom. The Balaban J connectivity index is 2.14. The lowest BCUT2D eigenvalue weighted by atomic mass is 10.1. The highest BCUT2D eigenvalue weighted by molar-refractivity contribution is 6.42. The van der Waals surface area contributed by atoms with Gasteiger partial charge in [0, 0.05) is 12.2 Å². The molecular formula is C14H13Cl2NO. The third kappa shape index (κ3) is 2.89. The average Bonchev–Trinajstić information content (AvgIpc) is 2.33. The van der Waals surface area contributed by atoms with E-state index in [9.17, 15) is 5.11 Å². The Labute approximate surface area is 116 Å². The van der Waals surface area contributed by atoms with Crippen LogP contribution in [0, 0.1) is 6.92 Å². The van der Waals surface area contributed by atoms with Crippen LogP contribution in [0.15, 0.2) is 36.4 Å². The standard InChI is InChI=1S/C14H13Cl2NO/c1-9-7-11(18)5-6-13(9)17-8-10-3-2-4-12(15)14(10)16/h2-7,17-18H,8H2,1H3. The molecule has 2 rings (SSSR count). The Morgan fingerprint density at radius 3 is 2.67 bits per heavy atom. The van der Waals surface area contributed by atoms with Crippen LogP contribution in [0.25, 0.3) is 0 Å². The van der Waals surface area contributed by atoms with Gasteiger partial charge in [-0.05, 0) is 42.3 Å². The van der Waals surface area contributed by atoms with Crippen molar-refractivity contribution in [1.82, 2.24) is 0 Å². The summed E-state index contributed by atoms with van der Waals surface area (Å²) in [7, 11) is 0. The Bertz CT molecular complexity index is 570. The van der Waals surface area contributed by atoms with Crippen molar-refractivity contribution in [3.63, 3.8) is 0 Å². The molecule has 0 spiro atoms. The Hall–Kier alpha value is -1.38. The number of hydrogen-bond donors (Lipinski definition) is 2. The minimum Gasteiger partial charge on any atom is -0.508 e. The number of halogens is 2. The second kappa shape index (κ2) is 5.51. The molecule has 0 aromatic heterocycles. The van der Waals surface area contributed by atoms with Gasteiger partial charge in [-0.15, -0.1) is 0 Å². The molecule has 0 saturated carbocycles. The van der Waals surface area contributed by atoms with Crippen LogP contribution in [-0.2, 0) is 6.54 Å².